The predicted octanol–water partition coefficient (Wildman–Crippen LogP) is 5.30. The first-order valence-corrected chi connectivity index (χ1v) is 9.60. The Hall–Kier alpha value is -2.26. The van der Waals surface area contributed by atoms with Crippen molar-refractivity contribution in [2.45, 2.75) is 18.9 Å². The van der Waals surface area contributed by atoms with Gasteiger partial charge in [-0.3, -0.25) is 0 Å². The van der Waals surface area contributed by atoms with Crippen LogP contribution in [0.4, 0.5) is 15.9 Å². The molecule has 3 aromatic rings. The van der Waals surface area contributed by atoms with Crippen molar-refractivity contribution < 1.29 is 23.3 Å². The molecule has 2 aliphatic rings. The standard InChI is InChI=1S/C20H17ClFN3O4.2ClH/c21-13-1-2-15-19(28-10-27-15)18(13)25-20-17-14(23-9-24-20)7-11(22)8-16(17)29-12-3-5-26-6-4-12;;/h1-2,7-9,12H,3-6,10H2,(H,23,24,25);2*1H. The summed E-state index contributed by atoms with van der Waals surface area (Å²) in [6, 6.07) is 6.14. The fraction of sp³-hybridized carbons (Fsp3) is 0.300. The van der Waals surface area contributed by atoms with Gasteiger partial charge in [0.25, 0.3) is 0 Å². The van der Waals surface area contributed by atoms with Crippen LogP contribution in [0.25, 0.3) is 10.9 Å². The highest BCUT2D eigenvalue weighted by Crippen LogP contribution is 2.45. The van der Waals surface area contributed by atoms with Crippen LogP contribution in [0.1, 0.15) is 12.8 Å². The highest BCUT2D eigenvalue weighted by atomic mass is 35.5. The molecule has 0 amide bonds. The third-order valence-corrected chi connectivity index (χ3v) is 5.18. The summed E-state index contributed by atoms with van der Waals surface area (Å²) in [7, 11) is 0. The number of halogens is 4. The third-order valence-electron chi connectivity index (χ3n) is 4.86. The summed E-state index contributed by atoms with van der Waals surface area (Å²) < 4.78 is 36.7. The molecule has 0 saturated carbocycles. The molecule has 5 rings (SSSR count). The van der Waals surface area contributed by atoms with E-state index in [-0.39, 0.29) is 37.7 Å². The van der Waals surface area contributed by atoms with Gasteiger partial charge in [-0.15, -0.1) is 24.8 Å². The topological polar surface area (TPSA) is 74.7 Å². The van der Waals surface area contributed by atoms with Gasteiger partial charge >= 0.3 is 0 Å². The van der Waals surface area contributed by atoms with E-state index in [0.717, 1.165) is 12.8 Å². The first kappa shape index (κ1) is 23.4. The van der Waals surface area contributed by atoms with Crippen LogP contribution in [-0.2, 0) is 4.74 Å². The van der Waals surface area contributed by atoms with Gasteiger partial charge in [-0.05, 0) is 12.1 Å². The Morgan fingerprint density at radius 1 is 1.10 bits per heavy atom. The Balaban J connectivity index is 0.00000136. The van der Waals surface area contributed by atoms with Crippen LogP contribution in [0.3, 0.4) is 0 Å². The average molecular weight is 491 g/mol. The first-order chi connectivity index (χ1) is 14.2. The molecule has 166 valence electrons. The molecule has 0 spiro atoms. The number of hydrogen-bond acceptors (Lipinski definition) is 7. The Labute approximate surface area is 195 Å². The van der Waals surface area contributed by atoms with E-state index in [4.69, 9.17) is 30.5 Å². The number of aromatic nitrogens is 2. The van der Waals surface area contributed by atoms with E-state index in [1.165, 1.54) is 18.5 Å². The number of ether oxygens (including phenoxy) is 4. The average Bonchev–Trinajstić information content (AvgIpc) is 3.20. The Bertz CT molecular complexity index is 1080. The van der Waals surface area contributed by atoms with E-state index in [0.29, 0.717) is 57.9 Å². The summed E-state index contributed by atoms with van der Waals surface area (Å²) >= 11 is 6.38. The molecular weight excluding hydrogens is 472 g/mol. The lowest BCUT2D eigenvalue weighted by molar-refractivity contribution is 0.0261. The number of hydrogen-bond donors (Lipinski definition) is 1. The van der Waals surface area contributed by atoms with Crippen molar-refractivity contribution in [2.75, 3.05) is 25.3 Å². The van der Waals surface area contributed by atoms with E-state index in [9.17, 15) is 4.39 Å². The Kier molecular flexibility index (Phi) is 7.48. The predicted molar refractivity (Wildman–Crippen MR) is 119 cm³/mol. The number of nitrogens with one attached hydrogen (secondary N) is 1. The van der Waals surface area contributed by atoms with Gasteiger partial charge < -0.3 is 24.3 Å². The molecule has 2 aromatic carbocycles. The summed E-state index contributed by atoms with van der Waals surface area (Å²) in [5, 5.41) is 4.20. The summed E-state index contributed by atoms with van der Waals surface area (Å²) in [4.78, 5) is 8.56. The molecule has 1 saturated heterocycles. The van der Waals surface area contributed by atoms with Gasteiger partial charge in [0.15, 0.2) is 11.5 Å². The smallest absolute Gasteiger partial charge is 0.231 e. The summed E-state index contributed by atoms with van der Waals surface area (Å²) in [6.07, 6.45) is 2.76. The molecule has 31 heavy (non-hydrogen) atoms. The highest BCUT2D eigenvalue weighted by Gasteiger charge is 2.23. The molecule has 2 aliphatic heterocycles. The zero-order chi connectivity index (χ0) is 19.8. The van der Waals surface area contributed by atoms with E-state index in [1.807, 2.05) is 0 Å². The van der Waals surface area contributed by atoms with Crippen molar-refractivity contribution in [1.82, 2.24) is 9.97 Å². The van der Waals surface area contributed by atoms with Gasteiger partial charge in [-0.25, -0.2) is 14.4 Å². The minimum atomic E-state index is -0.431. The van der Waals surface area contributed by atoms with Crippen molar-refractivity contribution >= 4 is 58.8 Å². The van der Waals surface area contributed by atoms with E-state index in [1.54, 1.807) is 12.1 Å². The molecule has 0 bridgehead atoms. The van der Waals surface area contributed by atoms with Crippen molar-refractivity contribution in [1.29, 1.82) is 0 Å². The minimum absolute atomic E-state index is 0. The Morgan fingerprint density at radius 3 is 2.71 bits per heavy atom. The second kappa shape index (κ2) is 9.91. The lowest BCUT2D eigenvalue weighted by Gasteiger charge is -2.24. The van der Waals surface area contributed by atoms with Crippen LogP contribution >= 0.6 is 36.4 Å². The third kappa shape index (κ3) is 4.67. The van der Waals surface area contributed by atoms with Crippen LogP contribution in [0.2, 0.25) is 5.02 Å². The lowest BCUT2D eigenvalue weighted by atomic mass is 10.1. The molecule has 3 heterocycles. The molecule has 1 aromatic heterocycles. The molecule has 0 atom stereocenters. The maximum absolute atomic E-state index is 14.2. The quantitative estimate of drug-likeness (QED) is 0.532. The SMILES string of the molecule is Cl.Cl.Fc1cc(OC2CCOCC2)c2c(Nc3c(Cl)ccc4c3OCO4)ncnc2c1. The van der Waals surface area contributed by atoms with Gasteiger partial charge in [0, 0.05) is 25.0 Å². The van der Waals surface area contributed by atoms with Gasteiger partial charge in [-0.1, -0.05) is 11.6 Å². The van der Waals surface area contributed by atoms with Crippen LogP contribution in [0, 0.1) is 5.82 Å². The molecule has 1 N–H and O–H groups in total. The van der Waals surface area contributed by atoms with Crippen molar-refractivity contribution in [3.8, 4) is 17.2 Å². The van der Waals surface area contributed by atoms with Gasteiger partial charge in [0.05, 0.1) is 29.1 Å². The van der Waals surface area contributed by atoms with Crippen LogP contribution in [-0.4, -0.2) is 36.1 Å². The van der Waals surface area contributed by atoms with Crippen molar-refractivity contribution in [2.24, 2.45) is 0 Å². The molecule has 0 aliphatic carbocycles. The van der Waals surface area contributed by atoms with Gasteiger partial charge in [0.1, 0.15) is 35.5 Å². The first-order valence-electron chi connectivity index (χ1n) is 9.23. The summed E-state index contributed by atoms with van der Waals surface area (Å²) in [5.41, 5.74) is 0.938. The summed E-state index contributed by atoms with van der Waals surface area (Å²) in [6.45, 7) is 1.34. The number of nitrogens with zero attached hydrogens (tertiary/aromatic N) is 2. The minimum Gasteiger partial charge on any atom is -0.489 e. The maximum Gasteiger partial charge on any atom is 0.231 e. The fourth-order valence-corrected chi connectivity index (χ4v) is 3.66. The number of benzene rings is 2. The zero-order valence-electron chi connectivity index (χ0n) is 16.1. The fourth-order valence-electron chi connectivity index (χ4n) is 3.47. The van der Waals surface area contributed by atoms with Gasteiger partial charge in [0.2, 0.25) is 6.79 Å². The molecule has 0 unspecified atom stereocenters. The number of fused-ring (bicyclic) bond motifs is 2. The largest absolute Gasteiger partial charge is 0.489 e. The molecule has 0 radical (unpaired) electrons. The van der Waals surface area contributed by atoms with Crippen LogP contribution < -0.4 is 19.5 Å². The number of rotatable bonds is 4. The highest BCUT2D eigenvalue weighted by molar-refractivity contribution is 6.34. The number of anilines is 2. The van der Waals surface area contributed by atoms with Crippen LogP contribution in [0.5, 0.6) is 17.2 Å². The second-order valence-corrected chi connectivity index (χ2v) is 7.14. The Morgan fingerprint density at radius 2 is 1.90 bits per heavy atom. The van der Waals surface area contributed by atoms with E-state index >= 15 is 0 Å². The van der Waals surface area contributed by atoms with E-state index < -0.39 is 5.82 Å². The van der Waals surface area contributed by atoms with Crippen molar-refractivity contribution in [3.63, 3.8) is 0 Å². The normalized spacial score (nSPS) is 15.2. The monoisotopic (exact) mass is 489 g/mol. The molecule has 1 fully saturated rings. The molecule has 7 nitrogen and oxygen atoms in total. The van der Waals surface area contributed by atoms with E-state index in [2.05, 4.69) is 15.3 Å². The molecule has 11 heteroatoms. The lowest BCUT2D eigenvalue weighted by Crippen LogP contribution is -2.26. The van der Waals surface area contributed by atoms with Gasteiger partial charge in [-0.2, -0.15) is 0 Å². The molecular formula is C20H19Cl3FN3O4. The summed E-state index contributed by atoms with van der Waals surface area (Å²) in [5.74, 6) is 1.46. The van der Waals surface area contributed by atoms with Crippen LogP contribution in [0.15, 0.2) is 30.6 Å². The maximum atomic E-state index is 14.2. The van der Waals surface area contributed by atoms with Crippen molar-refractivity contribution in [3.05, 3.63) is 41.4 Å². The zero-order valence-corrected chi connectivity index (χ0v) is 18.5. The second-order valence-electron chi connectivity index (χ2n) is 6.73.